The highest BCUT2D eigenvalue weighted by molar-refractivity contribution is 8.03. The molecule has 2 heterocycles. The van der Waals surface area contributed by atoms with Crippen LogP contribution >= 0.6 is 23.4 Å². The van der Waals surface area contributed by atoms with Gasteiger partial charge in [-0.05, 0) is 29.8 Å². The zero-order valence-electron chi connectivity index (χ0n) is 15.0. The summed E-state index contributed by atoms with van der Waals surface area (Å²) in [6.45, 7) is 0.407. The number of hydrogen-bond donors (Lipinski definition) is 1. The fourth-order valence-electron chi connectivity index (χ4n) is 3.55. The SMILES string of the molecule is NC1=C(S(=O)(=O)c2ccccc2)C(c2ccc(Cl)cc2)C([N+](=O)[O-])=C2SCCN12. The van der Waals surface area contributed by atoms with Crippen molar-refractivity contribution < 1.29 is 13.3 Å². The number of nitrogens with zero attached hydrogens (tertiary/aromatic N) is 2. The average molecular weight is 450 g/mol. The summed E-state index contributed by atoms with van der Waals surface area (Å²) >= 11 is 7.28. The maximum Gasteiger partial charge on any atom is 0.288 e. The van der Waals surface area contributed by atoms with Crippen LogP contribution in [0.15, 0.2) is 80.9 Å². The molecule has 0 bridgehead atoms. The van der Waals surface area contributed by atoms with Gasteiger partial charge in [0.2, 0.25) is 9.84 Å². The van der Waals surface area contributed by atoms with Gasteiger partial charge in [0, 0.05) is 17.3 Å². The summed E-state index contributed by atoms with van der Waals surface area (Å²) in [5.74, 6) is -0.525. The number of benzene rings is 2. The Bertz CT molecular complexity index is 1150. The van der Waals surface area contributed by atoms with Crippen molar-refractivity contribution >= 4 is 33.2 Å². The van der Waals surface area contributed by atoms with Crippen LogP contribution in [-0.2, 0) is 9.84 Å². The normalized spacial score (nSPS) is 19.5. The van der Waals surface area contributed by atoms with Gasteiger partial charge in [0.1, 0.15) is 16.6 Å². The molecule has 2 aliphatic heterocycles. The van der Waals surface area contributed by atoms with E-state index < -0.39 is 20.7 Å². The molecule has 0 aliphatic carbocycles. The lowest BCUT2D eigenvalue weighted by Crippen LogP contribution is -2.36. The van der Waals surface area contributed by atoms with Crippen LogP contribution < -0.4 is 5.73 Å². The van der Waals surface area contributed by atoms with Crippen LogP contribution in [0, 0.1) is 10.1 Å². The van der Waals surface area contributed by atoms with Crippen LogP contribution in [0.4, 0.5) is 0 Å². The van der Waals surface area contributed by atoms with E-state index in [1.54, 1.807) is 42.5 Å². The average Bonchev–Trinajstić information content (AvgIpc) is 3.18. The molecule has 1 atom stereocenters. The minimum Gasteiger partial charge on any atom is -0.384 e. The summed E-state index contributed by atoms with van der Waals surface area (Å²) in [5.41, 5.74) is 6.60. The smallest absolute Gasteiger partial charge is 0.288 e. The van der Waals surface area contributed by atoms with Crippen molar-refractivity contribution in [1.29, 1.82) is 0 Å². The summed E-state index contributed by atoms with van der Waals surface area (Å²) in [5, 5.41) is 12.9. The first-order valence-corrected chi connectivity index (χ1v) is 11.5. The molecular weight excluding hydrogens is 434 g/mol. The molecule has 2 aromatic carbocycles. The van der Waals surface area contributed by atoms with Gasteiger partial charge in [0.05, 0.1) is 9.82 Å². The van der Waals surface area contributed by atoms with E-state index in [1.165, 1.54) is 28.8 Å². The molecule has 0 radical (unpaired) electrons. The molecule has 10 heteroatoms. The van der Waals surface area contributed by atoms with Gasteiger partial charge in [-0.2, -0.15) is 0 Å². The Morgan fingerprint density at radius 1 is 1.14 bits per heavy atom. The summed E-state index contributed by atoms with van der Waals surface area (Å²) in [4.78, 5) is 13.0. The lowest BCUT2D eigenvalue weighted by molar-refractivity contribution is -0.430. The van der Waals surface area contributed by atoms with Crippen LogP contribution in [0.3, 0.4) is 0 Å². The Kier molecular flexibility index (Phi) is 5.05. The van der Waals surface area contributed by atoms with Gasteiger partial charge in [-0.15, -0.1) is 0 Å². The van der Waals surface area contributed by atoms with Crippen LogP contribution in [0.2, 0.25) is 5.02 Å². The molecule has 29 heavy (non-hydrogen) atoms. The molecule has 0 aromatic heterocycles. The maximum absolute atomic E-state index is 13.6. The Morgan fingerprint density at radius 2 is 1.79 bits per heavy atom. The number of rotatable bonds is 4. The van der Waals surface area contributed by atoms with Crippen LogP contribution in [0.5, 0.6) is 0 Å². The van der Waals surface area contributed by atoms with Crippen LogP contribution in [0.1, 0.15) is 11.5 Å². The van der Waals surface area contributed by atoms with Crippen LogP contribution in [0.25, 0.3) is 0 Å². The molecule has 4 rings (SSSR count). The Hall–Kier alpha value is -2.49. The van der Waals surface area contributed by atoms with Gasteiger partial charge >= 0.3 is 0 Å². The summed E-state index contributed by atoms with van der Waals surface area (Å²) in [6, 6.07) is 14.2. The van der Waals surface area contributed by atoms with Gasteiger partial charge in [-0.3, -0.25) is 10.1 Å². The predicted octanol–water partition coefficient (Wildman–Crippen LogP) is 3.53. The molecule has 2 aliphatic rings. The highest BCUT2D eigenvalue weighted by Gasteiger charge is 2.48. The molecule has 2 N–H and O–H groups in total. The Balaban J connectivity index is 2.01. The fourth-order valence-corrected chi connectivity index (χ4v) is 6.54. The first-order chi connectivity index (χ1) is 13.8. The second-order valence-corrected chi connectivity index (χ2v) is 9.94. The van der Waals surface area contributed by atoms with Crippen molar-refractivity contribution in [2.75, 3.05) is 12.3 Å². The quantitative estimate of drug-likeness (QED) is 0.562. The maximum atomic E-state index is 13.6. The van der Waals surface area contributed by atoms with Gasteiger partial charge in [-0.1, -0.05) is 53.7 Å². The number of fused-ring (bicyclic) bond motifs is 1. The monoisotopic (exact) mass is 449 g/mol. The molecule has 0 saturated carbocycles. The number of hydrogen-bond acceptors (Lipinski definition) is 7. The first-order valence-electron chi connectivity index (χ1n) is 8.66. The summed E-state index contributed by atoms with van der Waals surface area (Å²) in [7, 11) is -4.09. The van der Waals surface area contributed by atoms with Crippen molar-refractivity contribution in [3.8, 4) is 0 Å². The summed E-state index contributed by atoms with van der Waals surface area (Å²) in [6.07, 6.45) is 0. The Labute approximate surface area is 176 Å². The van der Waals surface area contributed by atoms with Crippen molar-refractivity contribution in [2.24, 2.45) is 5.73 Å². The number of nitro groups is 1. The number of thioether (sulfide) groups is 1. The zero-order chi connectivity index (χ0) is 20.8. The highest BCUT2D eigenvalue weighted by Crippen LogP contribution is 2.49. The molecule has 7 nitrogen and oxygen atoms in total. The molecule has 0 amide bonds. The van der Waals surface area contributed by atoms with E-state index in [9.17, 15) is 18.5 Å². The lowest BCUT2D eigenvalue weighted by Gasteiger charge is -2.31. The van der Waals surface area contributed by atoms with Gasteiger partial charge in [-0.25, -0.2) is 8.42 Å². The van der Waals surface area contributed by atoms with Crippen molar-refractivity contribution in [1.82, 2.24) is 4.90 Å². The minimum atomic E-state index is -4.09. The van der Waals surface area contributed by atoms with E-state index in [4.69, 9.17) is 17.3 Å². The topological polar surface area (TPSA) is 107 Å². The fraction of sp³-hybridized carbons (Fsp3) is 0.158. The third kappa shape index (κ3) is 3.29. The molecule has 150 valence electrons. The molecule has 1 fully saturated rings. The van der Waals surface area contributed by atoms with E-state index in [0.29, 0.717) is 27.9 Å². The minimum absolute atomic E-state index is 0.0272. The van der Waals surface area contributed by atoms with E-state index in [0.717, 1.165) is 0 Å². The number of halogens is 1. The lowest BCUT2D eigenvalue weighted by atomic mass is 9.93. The first kappa shape index (κ1) is 19.8. The van der Waals surface area contributed by atoms with E-state index in [-0.39, 0.29) is 21.3 Å². The van der Waals surface area contributed by atoms with Crippen molar-refractivity contribution in [2.45, 2.75) is 10.8 Å². The second-order valence-electron chi connectivity index (χ2n) is 6.50. The molecule has 2 aromatic rings. The predicted molar refractivity (Wildman–Crippen MR) is 112 cm³/mol. The second kappa shape index (κ2) is 7.40. The van der Waals surface area contributed by atoms with E-state index >= 15 is 0 Å². The van der Waals surface area contributed by atoms with Gasteiger partial charge in [0.25, 0.3) is 5.70 Å². The van der Waals surface area contributed by atoms with Crippen molar-refractivity contribution in [3.63, 3.8) is 0 Å². The largest absolute Gasteiger partial charge is 0.384 e. The molecule has 1 unspecified atom stereocenters. The number of nitrogens with two attached hydrogens (primary N) is 1. The molecule has 1 saturated heterocycles. The Morgan fingerprint density at radius 3 is 2.41 bits per heavy atom. The third-order valence-corrected chi connectivity index (χ3v) is 8.10. The number of sulfone groups is 1. The van der Waals surface area contributed by atoms with Gasteiger partial charge < -0.3 is 10.6 Å². The number of allylic oxidation sites excluding steroid dienone is 1. The zero-order valence-corrected chi connectivity index (χ0v) is 17.4. The standard InChI is InChI=1S/C19H16ClN3O4S2/c20-13-8-6-12(7-9-13)15-16(23(24)25)19-22(10-11-28-19)18(21)17(15)29(26,27)14-4-2-1-3-5-14/h1-9,15H,10-11,21H2. The summed E-state index contributed by atoms with van der Waals surface area (Å²) < 4.78 is 27.1. The third-order valence-electron chi connectivity index (χ3n) is 4.84. The highest BCUT2D eigenvalue weighted by atomic mass is 35.5. The molecular formula is C19H16ClN3O4S2. The van der Waals surface area contributed by atoms with E-state index in [1.807, 2.05) is 0 Å². The van der Waals surface area contributed by atoms with Crippen LogP contribution in [-0.4, -0.2) is 30.5 Å². The van der Waals surface area contributed by atoms with E-state index in [2.05, 4.69) is 0 Å². The van der Waals surface area contributed by atoms with Crippen molar-refractivity contribution in [3.05, 3.63) is 96.7 Å². The van der Waals surface area contributed by atoms with Gasteiger partial charge in [0.15, 0.2) is 5.03 Å². The molecule has 0 spiro atoms.